The van der Waals surface area contributed by atoms with Crippen LogP contribution in [0.15, 0.2) is 57.8 Å². The Bertz CT molecular complexity index is 986. The van der Waals surface area contributed by atoms with E-state index in [1.165, 1.54) is 4.90 Å². The lowest BCUT2D eigenvalue weighted by Gasteiger charge is -2.35. The SMILES string of the molecule is CN(Cc1nnc(-c2ccccc2)o1)C(=O)CC1C(=O)NCCN1Cc1ccoc1. The molecule has 1 atom stereocenters. The summed E-state index contributed by atoms with van der Waals surface area (Å²) in [4.78, 5) is 28.7. The molecule has 1 aliphatic heterocycles. The molecule has 0 radical (unpaired) electrons. The third-order valence-electron chi connectivity index (χ3n) is 5.06. The predicted molar refractivity (Wildman–Crippen MR) is 107 cm³/mol. The summed E-state index contributed by atoms with van der Waals surface area (Å²) in [6.07, 6.45) is 3.32. The number of carbonyl (C=O) groups is 2. The van der Waals surface area contributed by atoms with Crippen molar-refractivity contribution in [2.75, 3.05) is 20.1 Å². The molecule has 30 heavy (non-hydrogen) atoms. The molecule has 1 N–H and O–H groups in total. The smallest absolute Gasteiger partial charge is 0.247 e. The largest absolute Gasteiger partial charge is 0.472 e. The highest BCUT2D eigenvalue weighted by atomic mass is 16.4. The molecule has 0 aliphatic carbocycles. The molecule has 0 bridgehead atoms. The zero-order chi connectivity index (χ0) is 20.9. The van der Waals surface area contributed by atoms with Gasteiger partial charge in [0.1, 0.15) is 0 Å². The van der Waals surface area contributed by atoms with Crippen LogP contribution in [-0.4, -0.2) is 58.0 Å². The van der Waals surface area contributed by atoms with E-state index in [1.54, 1.807) is 19.6 Å². The minimum Gasteiger partial charge on any atom is -0.472 e. The van der Waals surface area contributed by atoms with E-state index in [2.05, 4.69) is 15.5 Å². The summed E-state index contributed by atoms with van der Waals surface area (Å²) in [7, 11) is 1.66. The maximum atomic E-state index is 12.8. The number of nitrogens with one attached hydrogen (secondary N) is 1. The summed E-state index contributed by atoms with van der Waals surface area (Å²) in [5.41, 5.74) is 1.79. The molecule has 1 aromatic carbocycles. The van der Waals surface area contributed by atoms with Gasteiger partial charge in [0.25, 0.3) is 0 Å². The van der Waals surface area contributed by atoms with Crippen LogP contribution in [0.25, 0.3) is 11.5 Å². The Labute approximate surface area is 173 Å². The lowest BCUT2D eigenvalue weighted by molar-refractivity contribution is -0.138. The zero-order valence-corrected chi connectivity index (χ0v) is 16.7. The van der Waals surface area contributed by atoms with Gasteiger partial charge in [0.15, 0.2) is 0 Å². The third kappa shape index (κ3) is 4.57. The van der Waals surface area contributed by atoms with Crippen molar-refractivity contribution in [1.82, 2.24) is 25.3 Å². The Morgan fingerprint density at radius 2 is 2.10 bits per heavy atom. The van der Waals surface area contributed by atoms with E-state index < -0.39 is 6.04 Å². The molecule has 1 aliphatic rings. The first-order valence-electron chi connectivity index (χ1n) is 9.75. The molecule has 3 heterocycles. The highest BCUT2D eigenvalue weighted by Crippen LogP contribution is 2.19. The molecule has 4 rings (SSSR count). The van der Waals surface area contributed by atoms with Crippen molar-refractivity contribution in [2.45, 2.75) is 25.6 Å². The van der Waals surface area contributed by atoms with Crippen LogP contribution in [0.2, 0.25) is 0 Å². The standard InChI is InChI=1S/C21H23N5O4/c1-25(13-18-23-24-21(30-18)16-5-3-2-4-6-16)19(27)11-17-20(28)22-8-9-26(17)12-15-7-10-29-14-15/h2-7,10,14,17H,8-9,11-13H2,1H3,(H,22,28). The molecule has 0 spiro atoms. The van der Waals surface area contributed by atoms with Crippen molar-refractivity contribution in [1.29, 1.82) is 0 Å². The van der Waals surface area contributed by atoms with Gasteiger partial charge >= 0.3 is 0 Å². The molecule has 156 valence electrons. The zero-order valence-electron chi connectivity index (χ0n) is 16.7. The number of rotatable bonds is 7. The van der Waals surface area contributed by atoms with Gasteiger partial charge in [-0.25, -0.2) is 0 Å². The molecule has 1 fully saturated rings. The van der Waals surface area contributed by atoms with Gasteiger partial charge in [-0.05, 0) is 18.2 Å². The maximum Gasteiger partial charge on any atom is 0.247 e. The van der Waals surface area contributed by atoms with Crippen molar-refractivity contribution in [3.05, 3.63) is 60.4 Å². The molecule has 3 aromatic rings. The minimum absolute atomic E-state index is 0.0693. The summed E-state index contributed by atoms with van der Waals surface area (Å²) in [5.74, 6) is 0.432. The van der Waals surface area contributed by atoms with Gasteiger partial charge in [-0.3, -0.25) is 14.5 Å². The molecule has 9 heteroatoms. The first-order chi connectivity index (χ1) is 14.6. The number of nitrogens with zero attached hydrogens (tertiary/aromatic N) is 4. The first-order valence-corrected chi connectivity index (χ1v) is 9.75. The average molecular weight is 409 g/mol. The summed E-state index contributed by atoms with van der Waals surface area (Å²) in [6, 6.07) is 10.8. The second kappa shape index (κ2) is 8.91. The van der Waals surface area contributed by atoms with Crippen LogP contribution in [0.4, 0.5) is 0 Å². The normalized spacial score (nSPS) is 17.0. The van der Waals surface area contributed by atoms with Gasteiger partial charge < -0.3 is 19.1 Å². The van der Waals surface area contributed by atoms with Crippen molar-refractivity contribution >= 4 is 11.8 Å². The molecule has 2 aromatic heterocycles. The van der Waals surface area contributed by atoms with E-state index in [1.807, 2.05) is 41.3 Å². The number of benzene rings is 1. The highest BCUT2D eigenvalue weighted by molar-refractivity contribution is 5.88. The Hall–Kier alpha value is -3.46. The molecule has 9 nitrogen and oxygen atoms in total. The number of piperazine rings is 1. The number of furan rings is 1. The molecule has 2 amide bonds. The van der Waals surface area contributed by atoms with Gasteiger partial charge in [-0.15, -0.1) is 10.2 Å². The number of aromatic nitrogens is 2. The number of hydrogen-bond acceptors (Lipinski definition) is 7. The van der Waals surface area contributed by atoms with Gasteiger partial charge in [0, 0.05) is 37.8 Å². The monoisotopic (exact) mass is 409 g/mol. The van der Waals surface area contributed by atoms with Crippen LogP contribution in [0, 0.1) is 0 Å². The summed E-state index contributed by atoms with van der Waals surface area (Å²) >= 11 is 0. The van der Waals surface area contributed by atoms with Gasteiger partial charge in [0.05, 0.1) is 31.5 Å². The van der Waals surface area contributed by atoms with Crippen LogP contribution < -0.4 is 5.32 Å². The van der Waals surface area contributed by atoms with Gasteiger partial charge in [-0.2, -0.15) is 0 Å². The summed E-state index contributed by atoms with van der Waals surface area (Å²) < 4.78 is 10.8. The van der Waals surface area contributed by atoms with Crippen LogP contribution in [0.5, 0.6) is 0 Å². The van der Waals surface area contributed by atoms with Crippen LogP contribution in [-0.2, 0) is 22.7 Å². The van der Waals surface area contributed by atoms with Crippen molar-refractivity contribution < 1.29 is 18.4 Å². The van der Waals surface area contributed by atoms with Gasteiger partial charge in [0.2, 0.25) is 23.6 Å². The van der Waals surface area contributed by atoms with E-state index in [4.69, 9.17) is 8.83 Å². The maximum absolute atomic E-state index is 12.8. The average Bonchev–Trinajstić information content (AvgIpc) is 3.43. The predicted octanol–water partition coefficient (Wildman–Crippen LogP) is 1.68. The van der Waals surface area contributed by atoms with Crippen molar-refractivity contribution in [2.24, 2.45) is 0 Å². The molecule has 1 unspecified atom stereocenters. The molecular formula is C21H23N5O4. The Morgan fingerprint density at radius 3 is 2.87 bits per heavy atom. The minimum atomic E-state index is -0.536. The molecule has 0 saturated carbocycles. The van der Waals surface area contributed by atoms with Crippen LogP contribution in [0.1, 0.15) is 17.9 Å². The molecule has 1 saturated heterocycles. The Morgan fingerprint density at radius 1 is 1.27 bits per heavy atom. The fourth-order valence-corrected chi connectivity index (χ4v) is 3.42. The Kier molecular flexibility index (Phi) is 5.89. The lowest BCUT2D eigenvalue weighted by Crippen LogP contribution is -2.56. The van der Waals surface area contributed by atoms with E-state index in [9.17, 15) is 9.59 Å². The van der Waals surface area contributed by atoms with Gasteiger partial charge in [-0.1, -0.05) is 18.2 Å². The number of hydrogen-bond donors (Lipinski definition) is 1. The van der Waals surface area contributed by atoms with E-state index >= 15 is 0 Å². The third-order valence-corrected chi connectivity index (χ3v) is 5.06. The number of carbonyl (C=O) groups excluding carboxylic acids is 2. The van der Waals surface area contributed by atoms with E-state index in [0.717, 1.165) is 11.1 Å². The first kappa shape index (κ1) is 19.8. The highest BCUT2D eigenvalue weighted by Gasteiger charge is 2.32. The second-order valence-electron chi connectivity index (χ2n) is 7.23. The summed E-state index contributed by atoms with van der Waals surface area (Å²) in [5, 5.41) is 10.9. The lowest BCUT2D eigenvalue weighted by atomic mass is 10.1. The van der Waals surface area contributed by atoms with Crippen molar-refractivity contribution in [3.63, 3.8) is 0 Å². The van der Waals surface area contributed by atoms with E-state index in [0.29, 0.717) is 31.4 Å². The quantitative estimate of drug-likeness (QED) is 0.633. The van der Waals surface area contributed by atoms with E-state index in [-0.39, 0.29) is 24.8 Å². The molecular weight excluding hydrogens is 386 g/mol. The fraction of sp³-hybridized carbons (Fsp3) is 0.333. The summed E-state index contributed by atoms with van der Waals surface area (Å²) in [6.45, 7) is 1.95. The topological polar surface area (TPSA) is 105 Å². The second-order valence-corrected chi connectivity index (χ2v) is 7.23. The Balaban J connectivity index is 1.38. The fourth-order valence-electron chi connectivity index (χ4n) is 3.42. The van der Waals surface area contributed by atoms with Crippen LogP contribution >= 0.6 is 0 Å². The van der Waals surface area contributed by atoms with Crippen molar-refractivity contribution in [3.8, 4) is 11.5 Å². The number of amides is 2. The van der Waals surface area contributed by atoms with Crippen LogP contribution in [0.3, 0.4) is 0 Å².